The van der Waals surface area contributed by atoms with Crippen molar-refractivity contribution in [1.29, 1.82) is 0 Å². The lowest BCUT2D eigenvalue weighted by atomic mass is 9.94. The van der Waals surface area contributed by atoms with E-state index in [0.717, 1.165) is 24.1 Å². The number of fused-ring (bicyclic) bond motifs is 1. The van der Waals surface area contributed by atoms with E-state index >= 15 is 4.39 Å². The number of nitrogen functional groups attached to an aromatic ring is 1. The molecule has 184 valence electrons. The molecule has 0 aliphatic carbocycles. The number of pyridine rings is 1. The Kier molecular flexibility index (Phi) is 6.24. The van der Waals surface area contributed by atoms with Crippen LogP contribution in [0.3, 0.4) is 0 Å². The number of nitrogens with two attached hydrogens (primary N) is 1. The number of anilines is 1. The standard InChI is InChI=1S/C26H25FN6O3/c1-3-23(34)32-12-4-5-17(15-32)24-20-9-11-30-26(28)33(20)25(31-24)16-6-7-21(19(27)13-16)36-22-14-18(35-2)8-10-29-22/h3,6-11,13-14,17H,1,4-5,12,15H2,2H3,(H2,28,30). The molecule has 0 spiro atoms. The van der Waals surface area contributed by atoms with Gasteiger partial charge in [0.15, 0.2) is 11.6 Å². The molecule has 1 aliphatic rings. The first-order valence-electron chi connectivity index (χ1n) is 11.5. The number of likely N-dealkylation sites (tertiary alicyclic amines) is 1. The fourth-order valence-electron chi connectivity index (χ4n) is 4.52. The molecular formula is C26H25FN6O3. The summed E-state index contributed by atoms with van der Waals surface area (Å²) < 4.78 is 27.6. The highest BCUT2D eigenvalue weighted by Gasteiger charge is 2.28. The molecule has 9 nitrogen and oxygen atoms in total. The molecule has 1 aromatic carbocycles. The van der Waals surface area contributed by atoms with E-state index in [0.29, 0.717) is 30.2 Å². The van der Waals surface area contributed by atoms with Crippen LogP contribution >= 0.6 is 0 Å². The Labute approximate surface area is 207 Å². The van der Waals surface area contributed by atoms with Gasteiger partial charge in [-0.1, -0.05) is 6.58 Å². The third-order valence-corrected chi connectivity index (χ3v) is 6.25. The number of piperidine rings is 1. The second-order valence-electron chi connectivity index (χ2n) is 8.45. The Hall–Kier alpha value is -4.47. The van der Waals surface area contributed by atoms with Gasteiger partial charge < -0.3 is 20.1 Å². The van der Waals surface area contributed by atoms with Gasteiger partial charge in [0, 0.05) is 43.0 Å². The lowest BCUT2D eigenvalue weighted by molar-refractivity contribution is -0.127. The zero-order valence-electron chi connectivity index (χ0n) is 19.7. The van der Waals surface area contributed by atoms with Crippen molar-refractivity contribution in [3.05, 3.63) is 73.0 Å². The predicted molar refractivity (Wildman–Crippen MR) is 132 cm³/mol. The van der Waals surface area contributed by atoms with Crippen LogP contribution in [-0.2, 0) is 4.79 Å². The summed E-state index contributed by atoms with van der Waals surface area (Å²) in [5.74, 6) is 0.773. The molecule has 1 unspecified atom stereocenters. The van der Waals surface area contributed by atoms with Crippen LogP contribution in [0, 0.1) is 5.82 Å². The highest BCUT2D eigenvalue weighted by molar-refractivity contribution is 5.87. The van der Waals surface area contributed by atoms with Crippen molar-refractivity contribution in [3.8, 4) is 28.8 Å². The van der Waals surface area contributed by atoms with Crippen LogP contribution < -0.4 is 15.2 Å². The van der Waals surface area contributed by atoms with Crippen LogP contribution in [0.2, 0.25) is 0 Å². The van der Waals surface area contributed by atoms with E-state index in [1.165, 1.54) is 31.5 Å². The molecular weight excluding hydrogens is 463 g/mol. The Morgan fingerprint density at radius 3 is 2.83 bits per heavy atom. The van der Waals surface area contributed by atoms with Gasteiger partial charge in [0.2, 0.25) is 17.7 Å². The van der Waals surface area contributed by atoms with Gasteiger partial charge in [-0.15, -0.1) is 0 Å². The summed E-state index contributed by atoms with van der Waals surface area (Å²) in [7, 11) is 1.53. The van der Waals surface area contributed by atoms with Crippen molar-refractivity contribution >= 4 is 17.4 Å². The second-order valence-corrected chi connectivity index (χ2v) is 8.45. The van der Waals surface area contributed by atoms with E-state index in [9.17, 15) is 4.79 Å². The Balaban J connectivity index is 1.51. The van der Waals surface area contributed by atoms with Gasteiger partial charge >= 0.3 is 0 Å². The summed E-state index contributed by atoms with van der Waals surface area (Å²) >= 11 is 0. The van der Waals surface area contributed by atoms with Crippen molar-refractivity contribution in [1.82, 2.24) is 24.3 Å². The first kappa shape index (κ1) is 23.3. The molecule has 0 radical (unpaired) electrons. The molecule has 1 atom stereocenters. The van der Waals surface area contributed by atoms with Gasteiger partial charge in [-0.05, 0) is 49.2 Å². The van der Waals surface area contributed by atoms with E-state index in [-0.39, 0.29) is 29.4 Å². The number of rotatable bonds is 6. The van der Waals surface area contributed by atoms with Crippen molar-refractivity contribution < 1.29 is 18.7 Å². The number of aromatic nitrogens is 4. The Morgan fingerprint density at radius 2 is 2.06 bits per heavy atom. The van der Waals surface area contributed by atoms with Crippen molar-refractivity contribution in [2.24, 2.45) is 0 Å². The molecule has 3 aromatic heterocycles. The third kappa shape index (κ3) is 4.33. The van der Waals surface area contributed by atoms with Gasteiger partial charge in [0.25, 0.3) is 0 Å². The first-order valence-corrected chi connectivity index (χ1v) is 11.5. The van der Waals surface area contributed by atoms with Crippen LogP contribution in [-0.4, -0.2) is 50.4 Å². The average Bonchev–Trinajstić information content (AvgIpc) is 3.30. The molecule has 0 saturated carbocycles. The van der Waals surface area contributed by atoms with Crippen LogP contribution in [0.15, 0.2) is 61.4 Å². The molecule has 1 fully saturated rings. The molecule has 1 saturated heterocycles. The SMILES string of the molecule is C=CC(=O)N1CCCC(c2nc(-c3ccc(Oc4cc(OC)ccn4)c(F)c3)n3c(N)nccc23)C1. The summed E-state index contributed by atoms with van der Waals surface area (Å²) in [5, 5.41) is 0. The smallest absolute Gasteiger partial charge is 0.245 e. The Bertz CT molecular complexity index is 1450. The average molecular weight is 489 g/mol. The number of carbonyl (C=O) groups excluding carboxylic acids is 1. The number of hydrogen-bond acceptors (Lipinski definition) is 7. The molecule has 4 aromatic rings. The fourth-order valence-corrected chi connectivity index (χ4v) is 4.52. The van der Waals surface area contributed by atoms with E-state index in [1.54, 1.807) is 33.7 Å². The summed E-state index contributed by atoms with van der Waals surface area (Å²) in [6.07, 6.45) is 6.17. The van der Waals surface area contributed by atoms with Gasteiger partial charge in [0.1, 0.15) is 11.6 Å². The van der Waals surface area contributed by atoms with Gasteiger partial charge in [-0.3, -0.25) is 9.20 Å². The number of carbonyl (C=O) groups is 1. The summed E-state index contributed by atoms with van der Waals surface area (Å²) in [6, 6.07) is 9.64. The lowest BCUT2D eigenvalue weighted by Gasteiger charge is -2.31. The molecule has 2 N–H and O–H groups in total. The zero-order chi connectivity index (χ0) is 25.2. The van der Waals surface area contributed by atoms with Gasteiger partial charge in [-0.2, -0.15) is 0 Å². The largest absolute Gasteiger partial charge is 0.497 e. The third-order valence-electron chi connectivity index (χ3n) is 6.25. The monoisotopic (exact) mass is 488 g/mol. The Morgan fingerprint density at radius 1 is 1.22 bits per heavy atom. The first-order chi connectivity index (χ1) is 17.5. The number of halogens is 1. The summed E-state index contributed by atoms with van der Waals surface area (Å²) in [6.45, 7) is 4.80. The van der Waals surface area contributed by atoms with Crippen LogP contribution in [0.4, 0.5) is 10.3 Å². The molecule has 36 heavy (non-hydrogen) atoms. The van der Waals surface area contributed by atoms with Crippen LogP contribution in [0.25, 0.3) is 16.9 Å². The summed E-state index contributed by atoms with van der Waals surface area (Å²) in [4.78, 5) is 27.2. The van der Waals surface area contributed by atoms with Gasteiger partial charge in [-0.25, -0.2) is 19.3 Å². The molecule has 4 heterocycles. The maximum atomic E-state index is 15.1. The molecule has 10 heteroatoms. The topological polar surface area (TPSA) is 108 Å². The van der Waals surface area contributed by atoms with E-state index < -0.39 is 5.82 Å². The number of methoxy groups -OCH3 is 1. The van der Waals surface area contributed by atoms with Crippen molar-refractivity contribution in [2.45, 2.75) is 18.8 Å². The molecule has 0 bridgehead atoms. The number of imidazole rings is 1. The van der Waals surface area contributed by atoms with Crippen molar-refractivity contribution in [3.63, 3.8) is 0 Å². The number of hydrogen-bond donors (Lipinski definition) is 1. The molecule has 1 aliphatic heterocycles. The number of ether oxygens (including phenoxy) is 2. The van der Waals surface area contributed by atoms with E-state index in [4.69, 9.17) is 20.2 Å². The zero-order valence-corrected chi connectivity index (χ0v) is 19.7. The molecule has 5 rings (SSSR count). The number of nitrogens with zero attached hydrogens (tertiary/aromatic N) is 5. The summed E-state index contributed by atoms with van der Waals surface area (Å²) in [5.41, 5.74) is 8.30. The van der Waals surface area contributed by atoms with E-state index in [1.807, 2.05) is 6.07 Å². The quantitative estimate of drug-likeness (QED) is 0.405. The second kappa shape index (κ2) is 9.65. The minimum absolute atomic E-state index is 0.000195. The molecule has 1 amide bonds. The maximum Gasteiger partial charge on any atom is 0.245 e. The predicted octanol–water partition coefficient (Wildman–Crippen LogP) is 4.21. The van der Waals surface area contributed by atoms with Crippen LogP contribution in [0.1, 0.15) is 24.5 Å². The highest BCUT2D eigenvalue weighted by Crippen LogP contribution is 2.35. The van der Waals surface area contributed by atoms with Gasteiger partial charge in [0.05, 0.1) is 18.3 Å². The minimum Gasteiger partial charge on any atom is -0.497 e. The lowest BCUT2D eigenvalue weighted by Crippen LogP contribution is -2.38. The minimum atomic E-state index is -0.585. The normalized spacial score (nSPS) is 15.6. The fraction of sp³-hybridized carbons (Fsp3) is 0.231. The highest BCUT2D eigenvalue weighted by atomic mass is 19.1. The number of benzene rings is 1. The maximum absolute atomic E-state index is 15.1. The van der Waals surface area contributed by atoms with Crippen molar-refractivity contribution in [2.75, 3.05) is 25.9 Å². The van der Waals surface area contributed by atoms with E-state index in [2.05, 4.69) is 16.5 Å². The number of amides is 1. The van der Waals surface area contributed by atoms with Crippen LogP contribution in [0.5, 0.6) is 17.4 Å².